The van der Waals surface area contributed by atoms with E-state index in [1.807, 2.05) is 32.0 Å². The molecule has 0 aliphatic rings. The molecule has 0 atom stereocenters. The summed E-state index contributed by atoms with van der Waals surface area (Å²) in [6.07, 6.45) is 0. The Labute approximate surface area is 115 Å². The highest BCUT2D eigenvalue weighted by atomic mass is 79.9. The van der Waals surface area contributed by atoms with Gasteiger partial charge in [0.25, 0.3) is 0 Å². The Kier molecular flexibility index (Phi) is 4.02. The molecule has 0 fully saturated rings. The minimum absolute atomic E-state index is 0.219. The van der Waals surface area contributed by atoms with Gasteiger partial charge in [0.15, 0.2) is 0 Å². The van der Waals surface area contributed by atoms with Crippen LogP contribution in [0.15, 0.2) is 40.9 Å². The number of nitrogens with one attached hydrogen (secondary N) is 1. The number of anilines is 1. The number of halogens is 2. The van der Waals surface area contributed by atoms with E-state index < -0.39 is 0 Å². The van der Waals surface area contributed by atoms with Crippen LogP contribution >= 0.6 is 15.9 Å². The average molecular weight is 308 g/mol. The van der Waals surface area contributed by atoms with Crippen molar-refractivity contribution in [1.29, 1.82) is 0 Å². The van der Waals surface area contributed by atoms with Crippen molar-refractivity contribution in [2.24, 2.45) is 0 Å². The van der Waals surface area contributed by atoms with Gasteiger partial charge in [-0.05, 0) is 48.7 Å². The minimum Gasteiger partial charge on any atom is -0.379 e. The quantitative estimate of drug-likeness (QED) is 0.857. The van der Waals surface area contributed by atoms with Gasteiger partial charge in [0, 0.05) is 11.0 Å². The van der Waals surface area contributed by atoms with Gasteiger partial charge in [0.1, 0.15) is 5.82 Å². The van der Waals surface area contributed by atoms with Gasteiger partial charge in [-0.2, -0.15) is 0 Å². The van der Waals surface area contributed by atoms with Gasteiger partial charge < -0.3 is 5.32 Å². The molecule has 1 nitrogen and oxygen atoms in total. The summed E-state index contributed by atoms with van der Waals surface area (Å²) < 4.78 is 14.6. The molecule has 0 spiro atoms. The summed E-state index contributed by atoms with van der Waals surface area (Å²) in [5.74, 6) is -0.219. The Hall–Kier alpha value is -1.35. The van der Waals surface area contributed by atoms with Gasteiger partial charge in [-0.25, -0.2) is 4.39 Å². The van der Waals surface area contributed by atoms with Crippen molar-refractivity contribution in [2.75, 3.05) is 5.32 Å². The van der Waals surface area contributed by atoms with Crippen LogP contribution in [-0.2, 0) is 6.54 Å². The Bertz CT molecular complexity index is 566. The van der Waals surface area contributed by atoms with Crippen LogP contribution < -0.4 is 5.32 Å². The molecule has 2 aromatic carbocycles. The van der Waals surface area contributed by atoms with Gasteiger partial charge in [-0.1, -0.05) is 34.1 Å². The lowest BCUT2D eigenvalue weighted by molar-refractivity contribution is 0.629. The third-order valence-corrected chi connectivity index (χ3v) is 3.54. The van der Waals surface area contributed by atoms with Crippen molar-refractivity contribution >= 4 is 21.6 Å². The van der Waals surface area contributed by atoms with Crippen LogP contribution in [0.2, 0.25) is 0 Å². The van der Waals surface area contributed by atoms with Crippen molar-refractivity contribution in [2.45, 2.75) is 20.4 Å². The summed E-state index contributed by atoms with van der Waals surface area (Å²) in [6, 6.07) is 11.2. The molecule has 18 heavy (non-hydrogen) atoms. The van der Waals surface area contributed by atoms with Crippen molar-refractivity contribution < 1.29 is 4.39 Å². The number of benzene rings is 2. The van der Waals surface area contributed by atoms with E-state index in [1.165, 1.54) is 11.6 Å². The molecule has 1 N–H and O–H groups in total. The van der Waals surface area contributed by atoms with Crippen LogP contribution in [0.1, 0.15) is 16.7 Å². The van der Waals surface area contributed by atoms with Gasteiger partial charge in [-0.3, -0.25) is 0 Å². The van der Waals surface area contributed by atoms with Crippen LogP contribution in [0.3, 0.4) is 0 Å². The molecule has 3 heteroatoms. The van der Waals surface area contributed by atoms with Crippen LogP contribution in [0, 0.1) is 19.7 Å². The van der Waals surface area contributed by atoms with Crippen LogP contribution in [0.25, 0.3) is 0 Å². The smallest absolute Gasteiger partial charge is 0.146 e. The standard InChI is InChI=1S/C15H15BrFN/c1-10-3-5-12(13(16)7-10)9-18-15-8-11(2)4-6-14(15)17/h3-8,18H,9H2,1-2H3. The zero-order valence-corrected chi connectivity index (χ0v) is 12.0. The molecule has 2 rings (SSSR count). The van der Waals surface area contributed by atoms with Crippen molar-refractivity contribution in [3.05, 3.63) is 63.4 Å². The monoisotopic (exact) mass is 307 g/mol. The first-order valence-corrected chi connectivity index (χ1v) is 6.60. The molecule has 0 saturated heterocycles. The Morgan fingerprint density at radius 2 is 1.72 bits per heavy atom. The van der Waals surface area contributed by atoms with Gasteiger partial charge in [0.2, 0.25) is 0 Å². The highest BCUT2D eigenvalue weighted by Crippen LogP contribution is 2.21. The molecular formula is C15H15BrFN. The van der Waals surface area contributed by atoms with E-state index in [1.54, 1.807) is 6.07 Å². The molecule has 0 bridgehead atoms. The summed E-state index contributed by atoms with van der Waals surface area (Å²) in [6.45, 7) is 4.59. The number of aryl methyl sites for hydroxylation is 2. The fourth-order valence-electron chi connectivity index (χ4n) is 1.76. The second-order valence-corrected chi connectivity index (χ2v) is 5.29. The molecule has 0 amide bonds. The molecule has 0 heterocycles. The van der Waals surface area contributed by atoms with Crippen molar-refractivity contribution in [1.82, 2.24) is 0 Å². The van der Waals surface area contributed by atoms with Crippen LogP contribution in [0.4, 0.5) is 10.1 Å². The van der Waals surface area contributed by atoms with Crippen molar-refractivity contribution in [3.63, 3.8) is 0 Å². The summed E-state index contributed by atoms with van der Waals surface area (Å²) >= 11 is 3.52. The number of rotatable bonds is 3. The lowest BCUT2D eigenvalue weighted by Crippen LogP contribution is -2.02. The molecule has 0 aliphatic heterocycles. The molecule has 94 valence electrons. The maximum Gasteiger partial charge on any atom is 0.146 e. The van der Waals surface area contributed by atoms with E-state index in [4.69, 9.17) is 0 Å². The maximum atomic E-state index is 13.6. The summed E-state index contributed by atoms with van der Waals surface area (Å²) in [5.41, 5.74) is 3.90. The zero-order valence-electron chi connectivity index (χ0n) is 10.4. The fourth-order valence-corrected chi connectivity index (χ4v) is 2.39. The highest BCUT2D eigenvalue weighted by molar-refractivity contribution is 9.10. The van der Waals surface area contributed by atoms with Gasteiger partial charge >= 0.3 is 0 Å². The Morgan fingerprint density at radius 3 is 2.44 bits per heavy atom. The number of hydrogen-bond donors (Lipinski definition) is 1. The highest BCUT2D eigenvalue weighted by Gasteiger charge is 2.04. The first kappa shape index (κ1) is 13.1. The molecule has 0 aromatic heterocycles. The topological polar surface area (TPSA) is 12.0 Å². The minimum atomic E-state index is -0.219. The second kappa shape index (κ2) is 5.53. The lowest BCUT2D eigenvalue weighted by Gasteiger charge is -2.10. The third kappa shape index (κ3) is 3.10. The van der Waals surface area contributed by atoms with E-state index in [0.717, 1.165) is 15.6 Å². The van der Waals surface area contributed by atoms with E-state index in [0.29, 0.717) is 12.2 Å². The lowest BCUT2D eigenvalue weighted by atomic mass is 10.1. The van der Waals surface area contributed by atoms with E-state index in [9.17, 15) is 4.39 Å². The SMILES string of the molecule is Cc1ccc(CNc2cc(C)ccc2F)c(Br)c1. The molecule has 0 aliphatic carbocycles. The molecule has 2 aromatic rings. The zero-order chi connectivity index (χ0) is 13.1. The number of hydrogen-bond acceptors (Lipinski definition) is 1. The fraction of sp³-hybridized carbons (Fsp3) is 0.200. The van der Waals surface area contributed by atoms with E-state index >= 15 is 0 Å². The Balaban J connectivity index is 2.13. The predicted molar refractivity (Wildman–Crippen MR) is 77.3 cm³/mol. The molecular weight excluding hydrogens is 293 g/mol. The summed E-state index contributed by atoms with van der Waals surface area (Å²) in [5, 5.41) is 3.13. The molecule has 0 radical (unpaired) electrons. The van der Waals surface area contributed by atoms with Crippen LogP contribution in [0.5, 0.6) is 0 Å². The van der Waals surface area contributed by atoms with Gasteiger partial charge in [0.05, 0.1) is 5.69 Å². The summed E-state index contributed by atoms with van der Waals surface area (Å²) in [4.78, 5) is 0. The van der Waals surface area contributed by atoms with E-state index in [2.05, 4.69) is 27.3 Å². The second-order valence-electron chi connectivity index (χ2n) is 4.43. The largest absolute Gasteiger partial charge is 0.379 e. The maximum absolute atomic E-state index is 13.6. The van der Waals surface area contributed by atoms with E-state index in [-0.39, 0.29) is 5.82 Å². The Morgan fingerprint density at radius 1 is 1.06 bits per heavy atom. The third-order valence-electron chi connectivity index (χ3n) is 2.80. The van der Waals surface area contributed by atoms with Crippen LogP contribution in [-0.4, -0.2) is 0 Å². The summed E-state index contributed by atoms with van der Waals surface area (Å²) in [7, 11) is 0. The first-order chi connectivity index (χ1) is 8.56. The van der Waals surface area contributed by atoms with Crippen molar-refractivity contribution in [3.8, 4) is 0 Å². The molecule has 0 saturated carbocycles. The van der Waals surface area contributed by atoms with Gasteiger partial charge in [-0.15, -0.1) is 0 Å². The predicted octanol–water partition coefficient (Wildman–Crippen LogP) is 4.82. The average Bonchev–Trinajstić information content (AvgIpc) is 2.32. The molecule has 0 unspecified atom stereocenters. The first-order valence-electron chi connectivity index (χ1n) is 5.81. The normalized spacial score (nSPS) is 10.4.